The maximum atomic E-state index is 6.65. The van der Waals surface area contributed by atoms with E-state index in [1.807, 2.05) is 35.6 Å². The van der Waals surface area contributed by atoms with E-state index in [0.29, 0.717) is 13.1 Å². The lowest BCUT2D eigenvalue weighted by Gasteiger charge is -2.28. The molecule has 0 amide bonds. The Morgan fingerprint density at radius 1 is 0.464 bits per heavy atom. The van der Waals surface area contributed by atoms with E-state index in [-0.39, 0.29) is 6.17 Å². The van der Waals surface area contributed by atoms with Crippen molar-refractivity contribution in [2.24, 2.45) is 5.73 Å². The van der Waals surface area contributed by atoms with Gasteiger partial charge in [-0.2, -0.15) is 0 Å². The van der Waals surface area contributed by atoms with Gasteiger partial charge < -0.3 is 11.1 Å². The number of nitrogens with one attached hydrogen (secondary N) is 2. The second-order valence-corrected chi connectivity index (χ2v) is 15.2. The van der Waals surface area contributed by atoms with Gasteiger partial charge in [0.15, 0.2) is 0 Å². The van der Waals surface area contributed by atoms with Crippen molar-refractivity contribution >= 4 is 42.9 Å². The molecule has 0 spiro atoms. The summed E-state index contributed by atoms with van der Waals surface area (Å²) in [6, 6.07) is 71.0. The minimum absolute atomic E-state index is 0.325. The molecule has 4 nitrogen and oxygen atoms in total. The van der Waals surface area contributed by atoms with Gasteiger partial charge in [-0.3, -0.25) is 0 Å². The number of nitrogens with zero attached hydrogens (tertiary/aromatic N) is 1. The highest BCUT2D eigenvalue weighted by atomic mass is 32.1. The molecule has 0 radical (unpaired) electrons. The normalized spacial score (nSPS) is 12.0. The molecule has 1 unspecified atom stereocenters. The fraction of sp³-hybridized carbons (Fsp3) is 0.0588. The molecule has 5 heteroatoms. The van der Waals surface area contributed by atoms with Crippen LogP contribution in [0.2, 0.25) is 0 Å². The first kappa shape index (κ1) is 35.4. The quantitative estimate of drug-likeness (QED) is 0.0862. The van der Waals surface area contributed by atoms with Crippen LogP contribution in [0.3, 0.4) is 0 Å². The molecule has 56 heavy (non-hydrogen) atoms. The van der Waals surface area contributed by atoms with Gasteiger partial charge in [0.25, 0.3) is 0 Å². The number of hydrazine groups is 1. The van der Waals surface area contributed by atoms with Gasteiger partial charge in [-0.15, -0.1) is 11.3 Å². The minimum Gasteiger partial charge on any atom is -0.355 e. The molecule has 0 aliphatic heterocycles. The van der Waals surface area contributed by atoms with E-state index in [1.165, 1.54) is 59.1 Å². The molecule has 9 aromatic rings. The molecular weight excluding hydrogens is 701 g/mol. The smallest absolute Gasteiger partial charge is 0.0940 e. The number of hydrogen-bond donors (Lipinski definition) is 3. The topological polar surface area (TPSA) is 53.3 Å². The number of benzene rings is 8. The number of fused-ring (bicyclic) bond motifs is 3. The molecule has 0 bridgehead atoms. The van der Waals surface area contributed by atoms with Crippen LogP contribution in [0.5, 0.6) is 0 Å². The monoisotopic (exact) mass is 742 g/mol. The standard InChI is InChI=1S/C51H42N4S/c52-51(40-21-11-4-12-22-40)54-55(34-36-15-5-1-6-16-36)35-37-27-30-42(31-28-37)53-48-33-41(29-32-43(48)38-17-7-2-8-18-38)45-24-14-26-47-46-25-13-23-44(49(46)56-50(45)47)39-19-9-3-10-20-39/h1-33,51,53-54H,34-35,52H2. The average molecular weight is 743 g/mol. The van der Waals surface area contributed by atoms with Gasteiger partial charge in [-0.1, -0.05) is 182 Å². The number of anilines is 2. The van der Waals surface area contributed by atoms with Crippen molar-refractivity contribution in [3.8, 4) is 33.4 Å². The zero-order chi connectivity index (χ0) is 37.7. The lowest BCUT2D eigenvalue weighted by Crippen LogP contribution is -2.43. The highest BCUT2D eigenvalue weighted by Crippen LogP contribution is 2.45. The summed E-state index contributed by atoms with van der Waals surface area (Å²) in [5, 5.41) is 8.60. The number of rotatable bonds is 12. The molecule has 1 heterocycles. The third-order valence-corrected chi connectivity index (χ3v) is 11.6. The molecule has 272 valence electrons. The van der Waals surface area contributed by atoms with Crippen molar-refractivity contribution in [3.63, 3.8) is 0 Å². The fourth-order valence-corrected chi connectivity index (χ4v) is 8.90. The number of thiophene rings is 1. The van der Waals surface area contributed by atoms with Crippen LogP contribution < -0.4 is 16.5 Å². The second-order valence-electron chi connectivity index (χ2n) is 14.1. The SMILES string of the molecule is NC(NN(Cc1ccccc1)Cc1ccc(Nc2cc(-c3cccc4c3sc3c(-c5ccccc5)cccc34)ccc2-c2ccccc2)cc1)c1ccccc1. The first-order valence-electron chi connectivity index (χ1n) is 19.1. The van der Waals surface area contributed by atoms with E-state index in [9.17, 15) is 0 Å². The van der Waals surface area contributed by atoms with Crippen molar-refractivity contribution < 1.29 is 0 Å². The number of nitrogens with two attached hydrogens (primary N) is 1. The molecule has 0 aliphatic carbocycles. The van der Waals surface area contributed by atoms with Gasteiger partial charge in [-0.05, 0) is 62.7 Å². The van der Waals surface area contributed by atoms with Crippen molar-refractivity contribution in [1.82, 2.24) is 10.4 Å². The second kappa shape index (κ2) is 16.2. The van der Waals surface area contributed by atoms with Crippen LogP contribution in [0.1, 0.15) is 22.9 Å². The van der Waals surface area contributed by atoms with Crippen LogP contribution in [-0.2, 0) is 13.1 Å². The molecule has 0 aliphatic rings. The molecule has 1 atom stereocenters. The van der Waals surface area contributed by atoms with Gasteiger partial charge in [0, 0.05) is 50.2 Å². The maximum absolute atomic E-state index is 6.65. The molecule has 0 saturated heterocycles. The Morgan fingerprint density at radius 3 is 1.59 bits per heavy atom. The van der Waals surface area contributed by atoms with E-state index in [0.717, 1.165) is 22.5 Å². The largest absolute Gasteiger partial charge is 0.355 e. The molecule has 4 N–H and O–H groups in total. The molecule has 9 rings (SSSR count). The summed E-state index contributed by atoms with van der Waals surface area (Å²) in [5.74, 6) is 0. The van der Waals surface area contributed by atoms with E-state index in [4.69, 9.17) is 5.73 Å². The summed E-state index contributed by atoms with van der Waals surface area (Å²) in [7, 11) is 0. The predicted molar refractivity (Wildman–Crippen MR) is 238 cm³/mol. The maximum Gasteiger partial charge on any atom is 0.0940 e. The van der Waals surface area contributed by atoms with Gasteiger partial charge in [0.05, 0.1) is 6.17 Å². The van der Waals surface area contributed by atoms with E-state index < -0.39 is 0 Å². The highest BCUT2D eigenvalue weighted by Gasteiger charge is 2.17. The van der Waals surface area contributed by atoms with E-state index in [1.54, 1.807) is 0 Å². The molecule has 0 saturated carbocycles. The Hall–Kier alpha value is -6.34. The van der Waals surface area contributed by atoms with Crippen LogP contribution >= 0.6 is 11.3 Å². The zero-order valence-electron chi connectivity index (χ0n) is 31.0. The average Bonchev–Trinajstić information content (AvgIpc) is 3.65. The Kier molecular flexibility index (Phi) is 10.2. The Labute approximate surface area is 332 Å². The third kappa shape index (κ3) is 7.62. The van der Waals surface area contributed by atoms with Crippen LogP contribution in [0.15, 0.2) is 200 Å². The van der Waals surface area contributed by atoms with Crippen LogP contribution in [0.4, 0.5) is 11.4 Å². The van der Waals surface area contributed by atoms with E-state index in [2.05, 4.69) is 192 Å². The van der Waals surface area contributed by atoms with Gasteiger partial charge >= 0.3 is 0 Å². The summed E-state index contributed by atoms with van der Waals surface area (Å²) >= 11 is 1.89. The van der Waals surface area contributed by atoms with Crippen LogP contribution in [0, 0.1) is 0 Å². The zero-order valence-corrected chi connectivity index (χ0v) is 31.8. The highest BCUT2D eigenvalue weighted by molar-refractivity contribution is 7.26. The first-order chi connectivity index (χ1) is 27.7. The van der Waals surface area contributed by atoms with Crippen molar-refractivity contribution in [2.45, 2.75) is 19.3 Å². The lowest BCUT2D eigenvalue weighted by molar-refractivity contribution is 0.140. The Balaban J connectivity index is 1.03. The first-order valence-corrected chi connectivity index (χ1v) is 19.9. The Morgan fingerprint density at radius 2 is 0.982 bits per heavy atom. The molecular formula is C51H42N4S. The summed E-state index contributed by atoms with van der Waals surface area (Å²) in [5.41, 5.74) is 23.0. The number of hydrogen-bond acceptors (Lipinski definition) is 5. The lowest BCUT2D eigenvalue weighted by atomic mass is 9.96. The van der Waals surface area contributed by atoms with E-state index >= 15 is 0 Å². The summed E-state index contributed by atoms with van der Waals surface area (Å²) < 4.78 is 2.62. The minimum atomic E-state index is -0.325. The predicted octanol–water partition coefficient (Wildman–Crippen LogP) is 13.0. The van der Waals surface area contributed by atoms with Gasteiger partial charge in [0.1, 0.15) is 0 Å². The van der Waals surface area contributed by atoms with Crippen molar-refractivity contribution in [2.75, 3.05) is 5.32 Å². The summed E-state index contributed by atoms with van der Waals surface area (Å²) in [6.07, 6.45) is -0.325. The van der Waals surface area contributed by atoms with Crippen molar-refractivity contribution in [1.29, 1.82) is 0 Å². The molecule has 0 fully saturated rings. The third-order valence-electron chi connectivity index (χ3n) is 10.3. The molecule has 1 aromatic heterocycles. The fourth-order valence-electron chi connectivity index (χ4n) is 7.53. The Bertz CT molecular complexity index is 2690. The summed E-state index contributed by atoms with van der Waals surface area (Å²) in [6.45, 7) is 1.40. The van der Waals surface area contributed by atoms with Gasteiger partial charge in [0.2, 0.25) is 0 Å². The van der Waals surface area contributed by atoms with Crippen molar-refractivity contribution in [3.05, 3.63) is 217 Å². The van der Waals surface area contributed by atoms with Gasteiger partial charge in [-0.25, -0.2) is 10.4 Å². The summed E-state index contributed by atoms with van der Waals surface area (Å²) in [4.78, 5) is 0. The van der Waals surface area contributed by atoms with Crippen LogP contribution in [0.25, 0.3) is 53.6 Å². The van der Waals surface area contributed by atoms with Crippen LogP contribution in [-0.4, -0.2) is 5.01 Å². The molecule has 8 aromatic carbocycles.